The van der Waals surface area contributed by atoms with Gasteiger partial charge in [0.05, 0.1) is 6.61 Å². The average molecular weight is 472 g/mol. The monoisotopic (exact) mass is 471 g/mol. The van der Waals surface area contributed by atoms with E-state index in [1.165, 1.54) is 23.1 Å². The first-order valence-electron chi connectivity index (χ1n) is 9.60. The molecule has 0 radical (unpaired) electrons. The van der Waals surface area contributed by atoms with Crippen molar-refractivity contribution in [2.24, 2.45) is 4.40 Å². The number of sulfonamides is 1. The predicted octanol–water partition coefficient (Wildman–Crippen LogP) is 2.81. The summed E-state index contributed by atoms with van der Waals surface area (Å²) in [6, 6.07) is 13.7. The van der Waals surface area contributed by atoms with Crippen molar-refractivity contribution in [1.82, 2.24) is 10.2 Å². The summed E-state index contributed by atoms with van der Waals surface area (Å²) in [5, 5.41) is 1.76. The summed E-state index contributed by atoms with van der Waals surface area (Å²) in [5.41, 5.74) is 1.42. The second-order valence-electron chi connectivity index (χ2n) is 7.03. The highest BCUT2D eigenvalue weighted by atomic mass is 32.2. The Morgan fingerprint density at radius 2 is 1.78 bits per heavy atom. The van der Waals surface area contributed by atoms with Crippen LogP contribution in [0.15, 0.2) is 57.8 Å². The van der Waals surface area contributed by atoms with Gasteiger partial charge >= 0.3 is 12.1 Å². The molecule has 2 rings (SSSR count). The van der Waals surface area contributed by atoms with Gasteiger partial charge in [-0.2, -0.15) is 21.6 Å². The molecule has 0 aliphatic heterocycles. The van der Waals surface area contributed by atoms with Gasteiger partial charge in [0, 0.05) is 27.1 Å². The fourth-order valence-electron chi connectivity index (χ4n) is 2.59. The van der Waals surface area contributed by atoms with E-state index in [-0.39, 0.29) is 30.2 Å². The molecular formula is C21H24F3N3O4S. The standard InChI is InChI=1S/C21H24F3N3O4S/c1-27(2)15-26-32(29,30)19-14-17(10-12-25-20(28)21(22,23)24)8-9-18(19)31-13-11-16-6-4-3-5-7-16/h3-9,14-15H,10-13H2,1-2H3,(H,25,28). The Morgan fingerprint density at radius 3 is 2.41 bits per heavy atom. The second kappa shape index (κ2) is 11.0. The van der Waals surface area contributed by atoms with Crippen LogP contribution in [-0.2, 0) is 27.7 Å². The number of halogens is 3. The Hall–Kier alpha value is -3.08. The Labute approximate surface area is 185 Å². The smallest absolute Gasteiger partial charge is 0.471 e. The lowest BCUT2D eigenvalue weighted by molar-refractivity contribution is -0.173. The summed E-state index contributed by atoms with van der Waals surface area (Å²) in [5.74, 6) is -1.97. The van der Waals surface area contributed by atoms with Crippen molar-refractivity contribution in [3.8, 4) is 5.75 Å². The molecule has 1 amide bonds. The molecule has 11 heteroatoms. The van der Waals surface area contributed by atoms with E-state index in [2.05, 4.69) is 4.40 Å². The SMILES string of the molecule is CN(C)C=NS(=O)(=O)c1cc(CCNC(=O)C(F)(F)F)ccc1OCCc1ccccc1. The first kappa shape index (κ1) is 25.2. The fourth-order valence-corrected chi connectivity index (χ4v) is 3.69. The normalized spacial score (nSPS) is 12.0. The van der Waals surface area contributed by atoms with Gasteiger partial charge in [-0.05, 0) is 29.7 Å². The van der Waals surface area contributed by atoms with E-state index in [0.717, 1.165) is 11.9 Å². The highest BCUT2D eigenvalue weighted by molar-refractivity contribution is 7.90. The van der Waals surface area contributed by atoms with Gasteiger partial charge < -0.3 is 15.0 Å². The maximum Gasteiger partial charge on any atom is 0.471 e. The molecule has 0 atom stereocenters. The highest BCUT2D eigenvalue weighted by Gasteiger charge is 2.38. The molecule has 32 heavy (non-hydrogen) atoms. The summed E-state index contributed by atoms with van der Waals surface area (Å²) >= 11 is 0. The lowest BCUT2D eigenvalue weighted by Gasteiger charge is -2.13. The van der Waals surface area contributed by atoms with Crippen molar-refractivity contribution in [2.45, 2.75) is 23.9 Å². The fraction of sp³-hybridized carbons (Fsp3) is 0.333. The number of benzene rings is 2. The molecule has 0 heterocycles. The topological polar surface area (TPSA) is 88.1 Å². The quantitative estimate of drug-likeness (QED) is 0.425. The number of carbonyl (C=O) groups is 1. The molecule has 0 saturated carbocycles. The van der Waals surface area contributed by atoms with Gasteiger partial charge in [0.25, 0.3) is 10.0 Å². The number of alkyl halides is 3. The van der Waals surface area contributed by atoms with E-state index in [9.17, 15) is 26.4 Å². The van der Waals surface area contributed by atoms with E-state index in [1.807, 2.05) is 30.3 Å². The zero-order valence-corrected chi connectivity index (χ0v) is 18.4. The molecule has 7 nitrogen and oxygen atoms in total. The Morgan fingerprint density at radius 1 is 1.09 bits per heavy atom. The molecule has 0 aliphatic rings. The number of carbonyl (C=O) groups excluding carboxylic acids is 1. The minimum absolute atomic E-state index is 0.00791. The molecule has 0 aliphatic carbocycles. The minimum Gasteiger partial charge on any atom is -0.492 e. The number of ether oxygens (including phenoxy) is 1. The lowest BCUT2D eigenvalue weighted by Crippen LogP contribution is -2.37. The van der Waals surface area contributed by atoms with E-state index in [1.54, 1.807) is 19.4 Å². The largest absolute Gasteiger partial charge is 0.492 e. The van der Waals surface area contributed by atoms with Gasteiger partial charge in [-0.25, -0.2) is 0 Å². The summed E-state index contributed by atoms with van der Waals surface area (Å²) in [4.78, 5) is 12.2. The average Bonchev–Trinajstić information content (AvgIpc) is 2.73. The van der Waals surface area contributed by atoms with Gasteiger partial charge in [-0.1, -0.05) is 36.4 Å². The molecule has 0 fully saturated rings. The van der Waals surface area contributed by atoms with E-state index in [0.29, 0.717) is 12.0 Å². The van der Waals surface area contributed by atoms with Crippen LogP contribution in [0.2, 0.25) is 0 Å². The zero-order valence-electron chi connectivity index (χ0n) is 17.6. The first-order chi connectivity index (χ1) is 15.0. The maximum atomic E-state index is 12.7. The van der Waals surface area contributed by atoms with Gasteiger partial charge in [-0.3, -0.25) is 4.79 Å². The number of nitrogens with one attached hydrogen (secondary N) is 1. The summed E-state index contributed by atoms with van der Waals surface area (Å²) < 4.78 is 71.7. The molecule has 174 valence electrons. The molecule has 2 aromatic rings. The number of amides is 1. The third kappa shape index (κ3) is 7.88. The number of nitrogens with zero attached hydrogens (tertiary/aromatic N) is 2. The zero-order chi connectivity index (χ0) is 23.8. The molecule has 0 unspecified atom stereocenters. The molecule has 0 saturated heterocycles. The van der Waals surface area contributed by atoms with Gasteiger partial charge in [-0.15, -0.1) is 4.40 Å². The van der Waals surface area contributed by atoms with Gasteiger partial charge in [0.1, 0.15) is 17.0 Å². The van der Waals surface area contributed by atoms with E-state index >= 15 is 0 Å². The van der Waals surface area contributed by atoms with Crippen LogP contribution in [0, 0.1) is 0 Å². The van der Waals surface area contributed by atoms with Crippen LogP contribution in [0.4, 0.5) is 13.2 Å². The third-order valence-corrected chi connectivity index (χ3v) is 5.40. The van der Waals surface area contributed by atoms with Crippen LogP contribution in [0.5, 0.6) is 5.75 Å². The molecule has 0 spiro atoms. The van der Waals surface area contributed by atoms with Crippen molar-refractivity contribution in [3.05, 3.63) is 59.7 Å². The summed E-state index contributed by atoms with van der Waals surface area (Å²) in [7, 11) is -0.918. The van der Waals surface area contributed by atoms with Crippen molar-refractivity contribution >= 4 is 22.3 Å². The third-order valence-electron chi connectivity index (χ3n) is 4.15. The van der Waals surface area contributed by atoms with Crippen molar-refractivity contribution < 1.29 is 31.1 Å². The van der Waals surface area contributed by atoms with E-state index in [4.69, 9.17) is 4.74 Å². The van der Waals surface area contributed by atoms with Crippen molar-refractivity contribution in [1.29, 1.82) is 0 Å². The summed E-state index contributed by atoms with van der Waals surface area (Å²) in [6.45, 7) is -0.0993. The minimum atomic E-state index is -4.98. The second-order valence-corrected chi connectivity index (χ2v) is 8.63. The van der Waals surface area contributed by atoms with Crippen molar-refractivity contribution in [3.63, 3.8) is 0 Å². The van der Waals surface area contributed by atoms with Crippen LogP contribution in [0.1, 0.15) is 11.1 Å². The Balaban J connectivity index is 2.19. The predicted molar refractivity (Wildman–Crippen MR) is 114 cm³/mol. The van der Waals surface area contributed by atoms with Crippen LogP contribution >= 0.6 is 0 Å². The molecule has 0 aromatic heterocycles. The van der Waals surface area contributed by atoms with Crippen LogP contribution in [0.3, 0.4) is 0 Å². The number of hydrogen-bond donors (Lipinski definition) is 1. The van der Waals surface area contributed by atoms with Crippen molar-refractivity contribution in [2.75, 3.05) is 27.2 Å². The number of hydrogen-bond acceptors (Lipinski definition) is 4. The Kier molecular flexibility index (Phi) is 8.64. The van der Waals surface area contributed by atoms with Crippen LogP contribution in [0.25, 0.3) is 0 Å². The van der Waals surface area contributed by atoms with E-state index < -0.39 is 22.1 Å². The molecule has 1 N–H and O–H groups in total. The molecule has 0 bridgehead atoms. The first-order valence-corrected chi connectivity index (χ1v) is 11.0. The lowest BCUT2D eigenvalue weighted by atomic mass is 10.1. The summed E-state index contributed by atoms with van der Waals surface area (Å²) in [6.07, 6.45) is -3.32. The van der Waals surface area contributed by atoms with Crippen LogP contribution < -0.4 is 10.1 Å². The number of rotatable bonds is 10. The van der Waals surface area contributed by atoms with Gasteiger partial charge in [0.15, 0.2) is 0 Å². The highest BCUT2D eigenvalue weighted by Crippen LogP contribution is 2.27. The molecular weight excluding hydrogens is 447 g/mol. The van der Waals surface area contributed by atoms with Gasteiger partial charge in [0.2, 0.25) is 0 Å². The maximum absolute atomic E-state index is 12.7. The molecule has 2 aromatic carbocycles. The Bertz CT molecular complexity index is 1040. The van der Waals surface area contributed by atoms with Crippen LogP contribution in [-0.4, -0.2) is 59.0 Å².